The van der Waals surface area contributed by atoms with Gasteiger partial charge in [-0.2, -0.15) is 0 Å². The Morgan fingerprint density at radius 2 is 1.78 bits per heavy atom. The summed E-state index contributed by atoms with van der Waals surface area (Å²) in [7, 11) is 3.10. The second kappa shape index (κ2) is 10.3. The van der Waals surface area contributed by atoms with Crippen LogP contribution in [0.1, 0.15) is 36.1 Å². The van der Waals surface area contributed by atoms with E-state index in [4.69, 9.17) is 14.2 Å². The van der Waals surface area contributed by atoms with Crippen molar-refractivity contribution in [3.63, 3.8) is 0 Å². The summed E-state index contributed by atoms with van der Waals surface area (Å²) in [5.74, 6) is -0.226. The number of ketones is 1. The number of ether oxygens (including phenoxy) is 3. The number of aliphatic hydroxyl groups is 1. The van der Waals surface area contributed by atoms with Gasteiger partial charge in [0.2, 0.25) is 0 Å². The lowest BCUT2D eigenvalue weighted by Gasteiger charge is -2.25. The zero-order valence-corrected chi connectivity index (χ0v) is 18.9. The fraction of sp³-hybridized carbons (Fsp3) is 0.360. The summed E-state index contributed by atoms with van der Waals surface area (Å²) in [6.45, 7) is 4.96. The van der Waals surface area contributed by atoms with Gasteiger partial charge in [0.15, 0.2) is 0 Å². The largest absolute Gasteiger partial charge is 0.507 e. The van der Waals surface area contributed by atoms with Crippen LogP contribution in [-0.2, 0) is 14.3 Å². The molecule has 7 heteroatoms. The van der Waals surface area contributed by atoms with E-state index in [2.05, 4.69) is 0 Å². The van der Waals surface area contributed by atoms with Crippen LogP contribution in [0, 0.1) is 6.92 Å². The van der Waals surface area contributed by atoms with Gasteiger partial charge in [0.05, 0.1) is 31.9 Å². The molecule has 0 spiro atoms. The van der Waals surface area contributed by atoms with Crippen LogP contribution in [0.2, 0.25) is 0 Å². The maximum Gasteiger partial charge on any atom is 0.295 e. The Morgan fingerprint density at radius 1 is 1.06 bits per heavy atom. The minimum absolute atomic E-state index is 0.0536. The van der Waals surface area contributed by atoms with Gasteiger partial charge in [-0.05, 0) is 54.8 Å². The van der Waals surface area contributed by atoms with E-state index in [0.29, 0.717) is 29.2 Å². The molecule has 1 heterocycles. The molecule has 2 aromatic rings. The molecule has 0 radical (unpaired) electrons. The zero-order chi connectivity index (χ0) is 23.3. The smallest absolute Gasteiger partial charge is 0.295 e. The van der Waals surface area contributed by atoms with Crippen LogP contribution in [0.5, 0.6) is 11.5 Å². The first-order chi connectivity index (χ1) is 15.4. The van der Waals surface area contributed by atoms with Gasteiger partial charge in [-0.3, -0.25) is 9.59 Å². The van der Waals surface area contributed by atoms with Crippen molar-refractivity contribution in [3.8, 4) is 11.5 Å². The topological polar surface area (TPSA) is 85.3 Å². The Morgan fingerprint density at radius 3 is 2.38 bits per heavy atom. The third-order valence-corrected chi connectivity index (χ3v) is 5.41. The molecular weight excluding hydrogens is 410 g/mol. The van der Waals surface area contributed by atoms with Crippen LogP contribution in [0.25, 0.3) is 5.76 Å². The average Bonchev–Trinajstić information content (AvgIpc) is 3.06. The molecule has 0 bridgehead atoms. The summed E-state index contributed by atoms with van der Waals surface area (Å²) in [6.07, 6.45) is 0.889. The Kier molecular flexibility index (Phi) is 7.53. The van der Waals surface area contributed by atoms with Gasteiger partial charge in [-0.25, -0.2) is 0 Å². The first kappa shape index (κ1) is 23.3. The highest BCUT2D eigenvalue weighted by Crippen LogP contribution is 2.40. The van der Waals surface area contributed by atoms with Gasteiger partial charge in [-0.15, -0.1) is 0 Å². The van der Waals surface area contributed by atoms with Gasteiger partial charge in [-0.1, -0.05) is 19.1 Å². The van der Waals surface area contributed by atoms with Crippen LogP contribution >= 0.6 is 0 Å². The fourth-order valence-electron chi connectivity index (χ4n) is 3.79. The van der Waals surface area contributed by atoms with Gasteiger partial charge < -0.3 is 24.2 Å². The predicted molar refractivity (Wildman–Crippen MR) is 121 cm³/mol. The van der Waals surface area contributed by atoms with Crippen molar-refractivity contribution in [1.82, 2.24) is 4.90 Å². The molecule has 32 heavy (non-hydrogen) atoms. The van der Waals surface area contributed by atoms with Crippen LogP contribution in [-0.4, -0.2) is 55.7 Å². The Labute approximate surface area is 188 Å². The number of carbonyl (C=O) groups is 2. The maximum atomic E-state index is 13.0. The van der Waals surface area contributed by atoms with E-state index in [1.165, 1.54) is 12.0 Å². The van der Waals surface area contributed by atoms with Crippen molar-refractivity contribution >= 4 is 17.4 Å². The number of Topliss-reactive ketones (excluding diaryl/α,β-unsaturated/α-hetero) is 1. The number of hydrogen-bond acceptors (Lipinski definition) is 6. The predicted octanol–water partition coefficient (Wildman–Crippen LogP) is 3.86. The van der Waals surface area contributed by atoms with E-state index in [-0.39, 0.29) is 24.5 Å². The van der Waals surface area contributed by atoms with Crippen LogP contribution in [0.4, 0.5) is 0 Å². The second-order valence-corrected chi connectivity index (χ2v) is 7.59. The highest BCUT2D eigenvalue weighted by molar-refractivity contribution is 6.46. The SMILES string of the molecule is CCCOc1ccc(C2/C(=C(/O)c3ccc(OC)c(C)c3)C(=O)C(=O)N2CCOC)cc1. The molecule has 1 unspecified atom stereocenters. The molecule has 1 amide bonds. The second-order valence-electron chi connectivity index (χ2n) is 7.59. The van der Waals surface area contributed by atoms with E-state index < -0.39 is 17.7 Å². The molecule has 1 atom stereocenters. The zero-order valence-electron chi connectivity index (χ0n) is 18.9. The van der Waals surface area contributed by atoms with Crippen LogP contribution in [0.3, 0.4) is 0 Å². The standard InChI is InChI=1S/C25H29NO6/c1-5-13-32-19-9-6-17(7-10-19)22-21(24(28)25(29)26(22)12-14-30-3)23(27)18-8-11-20(31-4)16(2)15-18/h6-11,15,22,27H,5,12-14H2,1-4H3/b23-21-. The van der Waals surface area contributed by atoms with E-state index in [1.54, 1.807) is 37.4 Å². The van der Waals surface area contributed by atoms with Crippen molar-refractivity contribution in [3.05, 3.63) is 64.7 Å². The van der Waals surface area contributed by atoms with E-state index in [0.717, 1.165) is 12.0 Å². The summed E-state index contributed by atoms with van der Waals surface area (Å²) in [5.41, 5.74) is 2.01. The molecule has 1 aliphatic heterocycles. The minimum Gasteiger partial charge on any atom is -0.507 e. The van der Waals surface area contributed by atoms with Crippen molar-refractivity contribution < 1.29 is 28.9 Å². The molecule has 0 aliphatic carbocycles. The number of likely N-dealkylation sites (tertiary alicyclic amines) is 1. The maximum absolute atomic E-state index is 13.0. The summed E-state index contributed by atoms with van der Waals surface area (Å²) >= 11 is 0. The molecule has 0 aromatic heterocycles. The molecule has 0 saturated carbocycles. The third kappa shape index (κ3) is 4.62. The molecule has 7 nitrogen and oxygen atoms in total. The first-order valence-corrected chi connectivity index (χ1v) is 10.6. The lowest BCUT2D eigenvalue weighted by atomic mass is 9.94. The summed E-state index contributed by atoms with van der Waals surface area (Å²) < 4.78 is 16.1. The minimum atomic E-state index is -0.729. The lowest BCUT2D eigenvalue weighted by Crippen LogP contribution is -2.32. The Bertz CT molecular complexity index is 1010. The van der Waals surface area contributed by atoms with Crippen molar-refractivity contribution in [2.24, 2.45) is 0 Å². The van der Waals surface area contributed by atoms with Crippen molar-refractivity contribution in [1.29, 1.82) is 0 Å². The third-order valence-electron chi connectivity index (χ3n) is 5.41. The van der Waals surface area contributed by atoms with Gasteiger partial charge in [0, 0.05) is 19.2 Å². The summed E-state index contributed by atoms with van der Waals surface area (Å²) in [6, 6.07) is 11.6. The van der Waals surface area contributed by atoms with Crippen molar-refractivity contribution in [2.45, 2.75) is 26.3 Å². The normalized spacial score (nSPS) is 17.6. The number of amides is 1. The Balaban J connectivity index is 2.09. The highest BCUT2D eigenvalue weighted by Gasteiger charge is 2.45. The number of aliphatic hydroxyl groups excluding tert-OH is 1. The number of hydrogen-bond donors (Lipinski definition) is 1. The molecule has 1 aliphatic rings. The number of benzene rings is 2. The van der Waals surface area contributed by atoms with Crippen LogP contribution < -0.4 is 9.47 Å². The number of carbonyl (C=O) groups excluding carboxylic acids is 2. The average molecular weight is 440 g/mol. The first-order valence-electron chi connectivity index (χ1n) is 10.6. The highest BCUT2D eigenvalue weighted by atomic mass is 16.5. The number of aryl methyl sites for hydroxylation is 1. The van der Waals surface area contributed by atoms with E-state index in [9.17, 15) is 14.7 Å². The summed E-state index contributed by atoms with van der Waals surface area (Å²) in [4.78, 5) is 27.3. The lowest BCUT2D eigenvalue weighted by molar-refractivity contribution is -0.140. The molecule has 3 rings (SSSR count). The summed E-state index contributed by atoms with van der Waals surface area (Å²) in [5, 5.41) is 11.1. The quantitative estimate of drug-likeness (QED) is 0.363. The monoisotopic (exact) mass is 439 g/mol. The molecular formula is C25H29NO6. The molecule has 2 aromatic carbocycles. The molecule has 170 valence electrons. The number of methoxy groups -OCH3 is 2. The van der Waals surface area contributed by atoms with Gasteiger partial charge in [0.25, 0.3) is 11.7 Å². The van der Waals surface area contributed by atoms with Gasteiger partial charge in [0.1, 0.15) is 17.3 Å². The van der Waals surface area contributed by atoms with Gasteiger partial charge >= 0.3 is 0 Å². The van der Waals surface area contributed by atoms with Crippen LogP contribution in [0.15, 0.2) is 48.0 Å². The van der Waals surface area contributed by atoms with E-state index >= 15 is 0 Å². The molecule has 1 saturated heterocycles. The molecule has 1 fully saturated rings. The fourth-order valence-corrected chi connectivity index (χ4v) is 3.79. The van der Waals surface area contributed by atoms with Crippen molar-refractivity contribution in [2.75, 3.05) is 34.0 Å². The number of nitrogens with zero attached hydrogens (tertiary/aromatic N) is 1. The Hall–Kier alpha value is -3.32. The molecule has 1 N–H and O–H groups in total. The van der Waals surface area contributed by atoms with E-state index in [1.807, 2.05) is 26.0 Å². The number of rotatable bonds is 9.